The third-order valence-electron chi connectivity index (χ3n) is 3.97. The largest absolute Gasteiger partial charge is 0.421 e. The van der Waals surface area contributed by atoms with Gasteiger partial charge >= 0.3 is 6.18 Å². The van der Waals surface area contributed by atoms with Gasteiger partial charge < -0.3 is 10.2 Å². The number of aryl methyl sites for hydroxylation is 1. The van der Waals surface area contributed by atoms with Crippen LogP contribution in [0.5, 0.6) is 0 Å². The minimum absolute atomic E-state index is 0.172. The van der Waals surface area contributed by atoms with E-state index in [-0.39, 0.29) is 11.8 Å². The van der Waals surface area contributed by atoms with Crippen molar-refractivity contribution in [3.05, 3.63) is 69.4 Å². The van der Waals surface area contributed by atoms with E-state index in [0.717, 1.165) is 21.0 Å². The molecule has 140 valence electrons. The van der Waals surface area contributed by atoms with Crippen molar-refractivity contribution < 1.29 is 13.2 Å². The van der Waals surface area contributed by atoms with Crippen LogP contribution in [0, 0.1) is 10.5 Å². The quantitative estimate of drug-likeness (QED) is 0.467. The maximum Gasteiger partial charge on any atom is 0.421 e. The summed E-state index contributed by atoms with van der Waals surface area (Å²) in [6.45, 7) is 1.92. The number of benzene rings is 2. The van der Waals surface area contributed by atoms with Crippen LogP contribution in [-0.4, -0.2) is 17.0 Å². The number of aromatic nitrogens is 2. The van der Waals surface area contributed by atoms with Crippen LogP contribution < -0.4 is 10.2 Å². The third-order valence-corrected chi connectivity index (χ3v) is 4.68. The van der Waals surface area contributed by atoms with Crippen LogP contribution in [0.4, 0.5) is 36.3 Å². The summed E-state index contributed by atoms with van der Waals surface area (Å²) in [6, 6.07) is 14.5. The molecule has 0 saturated carbocycles. The topological polar surface area (TPSA) is 41.1 Å². The highest BCUT2D eigenvalue weighted by molar-refractivity contribution is 14.1. The zero-order valence-corrected chi connectivity index (χ0v) is 16.7. The van der Waals surface area contributed by atoms with Gasteiger partial charge in [-0.15, -0.1) is 0 Å². The van der Waals surface area contributed by atoms with E-state index in [9.17, 15) is 13.2 Å². The van der Waals surface area contributed by atoms with Gasteiger partial charge in [-0.1, -0.05) is 18.2 Å². The van der Waals surface area contributed by atoms with E-state index in [1.807, 2.05) is 31.2 Å². The molecule has 0 radical (unpaired) electrons. The molecule has 0 amide bonds. The zero-order valence-electron chi connectivity index (χ0n) is 14.5. The van der Waals surface area contributed by atoms with Gasteiger partial charge in [0, 0.05) is 28.2 Å². The van der Waals surface area contributed by atoms with Gasteiger partial charge in [-0.2, -0.15) is 18.2 Å². The first kappa shape index (κ1) is 19.4. The summed E-state index contributed by atoms with van der Waals surface area (Å²) in [6.07, 6.45) is -3.75. The van der Waals surface area contributed by atoms with E-state index in [1.165, 1.54) is 0 Å². The van der Waals surface area contributed by atoms with Crippen molar-refractivity contribution in [3.8, 4) is 0 Å². The average molecular weight is 484 g/mol. The maximum atomic E-state index is 13.4. The molecule has 0 aliphatic carbocycles. The molecule has 1 aromatic heterocycles. The Balaban J connectivity index is 2.02. The second kappa shape index (κ2) is 7.71. The highest BCUT2D eigenvalue weighted by Crippen LogP contribution is 2.36. The van der Waals surface area contributed by atoms with Crippen molar-refractivity contribution in [1.29, 1.82) is 0 Å². The predicted molar refractivity (Wildman–Crippen MR) is 109 cm³/mol. The third kappa shape index (κ3) is 4.49. The number of rotatable bonds is 4. The lowest BCUT2D eigenvalue weighted by Gasteiger charge is -2.21. The molecular weight excluding hydrogens is 468 g/mol. The molecule has 3 aromatic rings. The smallest absolute Gasteiger partial charge is 0.340 e. The first-order valence-electron chi connectivity index (χ1n) is 8.02. The van der Waals surface area contributed by atoms with E-state index in [1.54, 1.807) is 36.2 Å². The summed E-state index contributed by atoms with van der Waals surface area (Å²) in [4.78, 5) is 9.75. The molecule has 27 heavy (non-hydrogen) atoms. The predicted octanol–water partition coefficient (Wildman–Crippen LogP) is 5.92. The van der Waals surface area contributed by atoms with Crippen LogP contribution in [-0.2, 0) is 6.18 Å². The number of halogens is 4. The second-order valence-electron chi connectivity index (χ2n) is 5.91. The van der Waals surface area contributed by atoms with Crippen LogP contribution in [0.25, 0.3) is 0 Å². The average Bonchev–Trinajstić information content (AvgIpc) is 2.62. The second-order valence-corrected chi connectivity index (χ2v) is 7.15. The Hall–Kier alpha value is -2.36. The summed E-state index contributed by atoms with van der Waals surface area (Å²) in [5.41, 5.74) is 1.39. The Morgan fingerprint density at radius 3 is 2.33 bits per heavy atom. The molecule has 0 spiro atoms. The molecular formula is C19H16F3IN4. The Morgan fingerprint density at radius 2 is 1.70 bits per heavy atom. The molecule has 0 saturated heterocycles. The highest BCUT2D eigenvalue weighted by atomic mass is 127. The molecule has 0 aliphatic rings. The van der Waals surface area contributed by atoms with Crippen LogP contribution in [0.1, 0.15) is 11.1 Å². The number of anilines is 4. The maximum absolute atomic E-state index is 13.4. The molecule has 1 heterocycles. The number of para-hydroxylation sites is 1. The van der Waals surface area contributed by atoms with Crippen LogP contribution in [0.15, 0.2) is 54.7 Å². The van der Waals surface area contributed by atoms with Gasteiger partial charge in [0.15, 0.2) is 0 Å². The van der Waals surface area contributed by atoms with Gasteiger partial charge in [0.2, 0.25) is 5.95 Å². The van der Waals surface area contributed by atoms with Gasteiger partial charge in [0.25, 0.3) is 0 Å². The molecule has 0 aliphatic heterocycles. The first-order chi connectivity index (χ1) is 12.8. The van der Waals surface area contributed by atoms with E-state index in [0.29, 0.717) is 5.69 Å². The Bertz CT molecular complexity index is 942. The fraction of sp³-hybridized carbons (Fsp3) is 0.158. The number of hydrogen-bond acceptors (Lipinski definition) is 4. The summed E-state index contributed by atoms with van der Waals surface area (Å²) < 4.78 is 41.2. The summed E-state index contributed by atoms with van der Waals surface area (Å²) in [5.74, 6) is -0.112. The van der Waals surface area contributed by atoms with Crippen LogP contribution >= 0.6 is 22.6 Å². The van der Waals surface area contributed by atoms with Gasteiger partial charge in [-0.25, -0.2) is 4.98 Å². The van der Waals surface area contributed by atoms with E-state index >= 15 is 0 Å². The molecule has 1 N–H and O–H groups in total. The molecule has 2 aromatic carbocycles. The van der Waals surface area contributed by atoms with Gasteiger partial charge in [-0.3, -0.25) is 0 Å². The van der Waals surface area contributed by atoms with Gasteiger partial charge in [0.05, 0.1) is 0 Å². The first-order valence-corrected chi connectivity index (χ1v) is 9.10. The minimum Gasteiger partial charge on any atom is -0.340 e. The zero-order chi connectivity index (χ0) is 19.6. The number of nitrogens with zero attached hydrogens (tertiary/aromatic N) is 3. The standard InChI is InChI=1S/C19H16F3IN4/c1-12-5-3-4-6-16(12)27(2)18-24-11-15(19(20,21)22)17(26-18)25-14-9-7-13(23)8-10-14/h3-11H,1-2H3,(H,24,25,26). The van der Waals surface area contributed by atoms with E-state index in [2.05, 4.69) is 37.9 Å². The van der Waals surface area contributed by atoms with Gasteiger partial charge in [0.1, 0.15) is 11.4 Å². The summed E-state index contributed by atoms with van der Waals surface area (Å²) in [7, 11) is 1.72. The van der Waals surface area contributed by atoms with Crippen molar-refractivity contribution >= 4 is 45.7 Å². The fourth-order valence-corrected chi connectivity index (χ4v) is 2.91. The highest BCUT2D eigenvalue weighted by Gasteiger charge is 2.35. The normalized spacial score (nSPS) is 11.3. The SMILES string of the molecule is Cc1ccccc1N(C)c1ncc(C(F)(F)F)c(Nc2ccc(I)cc2)n1. The van der Waals surface area contributed by atoms with E-state index < -0.39 is 11.7 Å². The summed E-state index contributed by atoms with van der Waals surface area (Å²) >= 11 is 2.13. The summed E-state index contributed by atoms with van der Waals surface area (Å²) in [5, 5.41) is 2.77. The Morgan fingerprint density at radius 1 is 1.04 bits per heavy atom. The Kier molecular flexibility index (Phi) is 5.54. The Labute approximate surface area is 168 Å². The molecule has 3 rings (SSSR count). The number of nitrogens with one attached hydrogen (secondary N) is 1. The van der Waals surface area contributed by atoms with Crippen molar-refractivity contribution in [1.82, 2.24) is 9.97 Å². The molecule has 0 fully saturated rings. The fourth-order valence-electron chi connectivity index (χ4n) is 2.55. The molecule has 8 heteroatoms. The monoisotopic (exact) mass is 484 g/mol. The molecule has 0 unspecified atom stereocenters. The molecule has 0 bridgehead atoms. The van der Waals surface area contributed by atoms with Crippen molar-refractivity contribution in [2.45, 2.75) is 13.1 Å². The number of hydrogen-bond donors (Lipinski definition) is 1. The van der Waals surface area contributed by atoms with Gasteiger partial charge in [-0.05, 0) is 65.4 Å². The van der Waals surface area contributed by atoms with E-state index in [4.69, 9.17) is 0 Å². The molecule has 0 atom stereocenters. The minimum atomic E-state index is -4.56. The molecule has 4 nitrogen and oxygen atoms in total. The van der Waals surface area contributed by atoms with Crippen LogP contribution in [0.3, 0.4) is 0 Å². The lowest BCUT2D eigenvalue weighted by molar-refractivity contribution is -0.137. The van der Waals surface area contributed by atoms with Crippen molar-refractivity contribution in [3.63, 3.8) is 0 Å². The van der Waals surface area contributed by atoms with Crippen molar-refractivity contribution in [2.75, 3.05) is 17.3 Å². The lowest BCUT2D eigenvalue weighted by Crippen LogP contribution is -2.18. The van der Waals surface area contributed by atoms with Crippen molar-refractivity contribution in [2.24, 2.45) is 0 Å². The number of alkyl halides is 3. The lowest BCUT2D eigenvalue weighted by atomic mass is 10.2. The van der Waals surface area contributed by atoms with Crippen LogP contribution in [0.2, 0.25) is 0 Å².